The molecule has 0 saturated carbocycles. The highest BCUT2D eigenvalue weighted by molar-refractivity contribution is 7.80. The van der Waals surface area contributed by atoms with Gasteiger partial charge in [-0.2, -0.15) is 0 Å². The SMILES string of the molecule is CNC(=S)n1nnc(N)n1. The summed E-state index contributed by atoms with van der Waals surface area (Å²) >= 11 is 4.77. The largest absolute Gasteiger partial charge is 0.365 e. The predicted molar refractivity (Wildman–Crippen MR) is 39.3 cm³/mol. The second-order valence-corrected chi connectivity index (χ2v) is 1.88. The van der Waals surface area contributed by atoms with Crippen molar-refractivity contribution in [2.24, 2.45) is 0 Å². The normalized spacial score (nSPS) is 9.30. The Morgan fingerprint density at radius 3 is 2.90 bits per heavy atom. The van der Waals surface area contributed by atoms with E-state index in [1.165, 1.54) is 0 Å². The fourth-order valence-electron chi connectivity index (χ4n) is 0.411. The van der Waals surface area contributed by atoms with Crippen LogP contribution in [0.2, 0.25) is 0 Å². The summed E-state index contributed by atoms with van der Waals surface area (Å²) in [5.41, 5.74) is 5.18. The van der Waals surface area contributed by atoms with E-state index in [-0.39, 0.29) is 5.95 Å². The summed E-state index contributed by atoms with van der Waals surface area (Å²) in [4.78, 5) is 1.14. The highest BCUT2D eigenvalue weighted by Crippen LogP contribution is 1.82. The van der Waals surface area contributed by atoms with Crippen LogP contribution in [0.15, 0.2) is 0 Å². The lowest BCUT2D eigenvalue weighted by atomic mass is 11.0. The van der Waals surface area contributed by atoms with Crippen LogP contribution in [0, 0.1) is 0 Å². The molecular formula is C3H6N6S. The maximum Gasteiger partial charge on any atom is 0.261 e. The lowest BCUT2D eigenvalue weighted by molar-refractivity contribution is 0.749. The van der Waals surface area contributed by atoms with Crippen LogP contribution in [-0.2, 0) is 0 Å². The smallest absolute Gasteiger partial charge is 0.261 e. The van der Waals surface area contributed by atoms with E-state index in [4.69, 9.17) is 18.0 Å². The van der Waals surface area contributed by atoms with Crippen LogP contribution in [0.3, 0.4) is 0 Å². The summed E-state index contributed by atoms with van der Waals surface area (Å²) in [5, 5.41) is 13.6. The maximum absolute atomic E-state index is 5.18. The first kappa shape index (κ1) is 6.87. The Morgan fingerprint density at radius 1 is 1.80 bits per heavy atom. The van der Waals surface area contributed by atoms with Crippen molar-refractivity contribution in [2.75, 3.05) is 12.8 Å². The summed E-state index contributed by atoms with van der Waals surface area (Å²) in [6.45, 7) is 0. The molecule has 0 aliphatic heterocycles. The molecular weight excluding hydrogens is 152 g/mol. The highest BCUT2D eigenvalue weighted by atomic mass is 32.1. The van der Waals surface area contributed by atoms with Gasteiger partial charge < -0.3 is 11.1 Å². The minimum Gasteiger partial charge on any atom is -0.365 e. The molecule has 0 saturated heterocycles. The molecule has 0 bridgehead atoms. The Balaban J connectivity index is 2.85. The lowest BCUT2D eigenvalue weighted by Gasteiger charge is -1.95. The Bertz CT molecular complexity index is 241. The molecule has 1 aromatic heterocycles. The summed E-state index contributed by atoms with van der Waals surface area (Å²) < 4.78 is 0. The molecule has 0 aliphatic rings. The zero-order valence-electron chi connectivity index (χ0n) is 5.27. The molecule has 1 heterocycles. The van der Waals surface area contributed by atoms with Gasteiger partial charge in [-0.15, -0.1) is 9.90 Å². The molecule has 7 heteroatoms. The number of hydrogen-bond acceptors (Lipinski definition) is 5. The van der Waals surface area contributed by atoms with E-state index in [0.29, 0.717) is 5.11 Å². The maximum atomic E-state index is 5.18. The second-order valence-electron chi connectivity index (χ2n) is 1.49. The van der Waals surface area contributed by atoms with Gasteiger partial charge >= 0.3 is 0 Å². The molecule has 0 unspecified atom stereocenters. The quantitative estimate of drug-likeness (QED) is 0.452. The molecule has 0 aromatic carbocycles. The van der Waals surface area contributed by atoms with Gasteiger partial charge in [-0.05, 0) is 17.4 Å². The van der Waals surface area contributed by atoms with E-state index >= 15 is 0 Å². The van der Waals surface area contributed by atoms with Crippen molar-refractivity contribution in [3.05, 3.63) is 0 Å². The van der Waals surface area contributed by atoms with Crippen molar-refractivity contribution in [1.82, 2.24) is 25.5 Å². The third kappa shape index (κ3) is 1.18. The molecule has 0 fully saturated rings. The van der Waals surface area contributed by atoms with E-state index in [1.807, 2.05) is 0 Å². The fourth-order valence-corrected chi connectivity index (χ4v) is 0.489. The highest BCUT2D eigenvalue weighted by Gasteiger charge is 1.99. The Morgan fingerprint density at radius 2 is 2.50 bits per heavy atom. The molecule has 1 aromatic rings. The first-order valence-corrected chi connectivity index (χ1v) is 2.92. The van der Waals surface area contributed by atoms with E-state index < -0.39 is 0 Å². The van der Waals surface area contributed by atoms with Gasteiger partial charge in [0.15, 0.2) is 0 Å². The number of anilines is 1. The number of nitrogens with two attached hydrogens (primary N) is 1. The standard InChI is InChI=1S/C3H6N6S/c1-5-3(10)9-7-2(4)6-8-9/h1H3,(H2,4,7)(H,5,10). The van der Waals surface area contributed by atoms with Crippen molar-refractivity contribution >= 4 is 23.3 Å². The van der Waals surface area contributed by atoms with Crippen LogP contribution >= 0.6 is 12.2 Å². The molecule has 3 N–H and O–H groups in total. The van der Waals surface area contributed by atoms with Crippen molar-refractivity contribution in [3.63, 3.8) is 0 Å². The van der Waals surface area contributed by atoms with Gasteiger partial charge in [0, 0.05) is 7.05 Å². The summed E-state index contributed by atoms with van der Waals surface area (Å²) in [6.07, 6.45) is 0. The number of nitrogens with zero attached hydrogens (tertiary/aromatic N) is 4. The average molecular weight is 158 g/mol. The van der Waals surface area contributed by atoms with Gasteiger partial charge in [0.1, 0.15) is 0 Å². The molecule has 0 aliphatic carbocycles. The number of thiocarbonyl (C=S) groups is 1. The molecule has 10 heavy (non-hydrogen) atoms. The number of nitrogens with one attached hydrogen (secondary N) is 1. The number of aromatic nitrogens is 4. The molecule has 54 valence electrons. The first-order valence-electron chi connectivity index (χ1n) is 2.51. The zero-order valence-corrected chi connectivity index (χ0v) is 6.09. The third-order valence-corrected chi connectivity index (χ3v) is 1.19. The first-order chi connectivity index (χ1) is 4.74. The summed E-state index contributed by atoms with van der Waals surface area (Å²) in [6, 6.07) is 0. The minimum absolute atomic E-state index is 0.109. The van der Waals surface area contributed by atoms with Crippen LogP contribution in [0.4, 0.5) is 5.95 Å². The summed E-state index contributed by atoms with van der Waals surface area (Å²) in [7, 11) is 1.67. The molecule has 0 atom stereocenters. The Kier molecular flexibility index (Phi) is 1.76. The molecule has 0 spiro atoms. The van der Waals surface area contributed by atoms with Crippen molar-refractivity contribution in [3.8, 4) is 0 Å². The average Bonchev–Trinajstić information content (AvgIpc) is 2.34. The van der Waals surface area contributed by atoms with Gasteiger partial charge in [0.05, 0.1) is 0 Å². The molecule has 1 rings (SSSR count). The topological polar surface area (TPSA) is 81.7 Å². The van der Waals surface area contributed by atoms with Gasteiger partial charge in [-0.1, -0.05) is 5.10 Å². The lowest BCUT2D eigenvalue weighted by Crippen LogP contribution is -2.26. The van der Waals surface area contributed by atoms with Crippen LogP contribution in [0.5, 0.6) is 0 Å². The van der Waals surface area contributed by atoms with Crippen molar-refractivity contribution in [2.45, 2.75) is 0 Å². The van der Waals surface area contributed by atoms with Gasteiger partial charge in [-0.25, -0.2) is 0 Å². The van der Waals surface area contributed by atoms with Crippen LogP contribution in [0.25, 0.3) is 0 Å². The third-order valence-electron chi connectivity index (χ3n) is 0.825. The molecule has 6 nitrogen and oxygen atoms in total. The number of hydrogen-bond donors (Lipinski definition) is 2. The number of nitrogen functional groups attached to an aromatic ring is 1. The Labute approximate surface area is 62.4 Å². The zero-order chi connectivity index (χ0) is 7.56. The minimum atomic E-state index is 0.109. The number of rotatable bonds is 0. The monoisotopic (exact) mass is 158 g/mol. The number of tetrazole rings is 1. The van der Waals surface area contributed by atoms with Crippen LogP contribution in [-0.4, -0.2) is 32.4 Å². The summed E-state index contributed by atoms with van der Waals surface area (Å²) in [5.74, 6) is 0.109. The molecule has 0 radical (unpaired) electrons. The van der Waals surface area contributed by atoms with Crippen molar-refractivity contribution < 1.29 is 0 Å². The van der Waals surface area contributed by atoms with E-state index in [2.05, 4.69) is 20.7 Å². The fraction of sp³-hybridized carbons (Fsp3) is 0.333. The molecule has 0 amide bonds. The van der Waals surface area contributed by atoms with Crippen molar-refractivity contribution in [1.29, 1.82) is 0 Å². The van der Waals surface area contributed by atoms with E-state index in [9.17, 15) is 0 Å². The Hall–Kier alpha value is -1.24. The van der Waals surface area contributed by atoms with E-state index in [0.717, 1.165) is 4.80 Å². The van der Waals surface area contributed by atoms with Gasteiger partial charge in [-0.3, -0.25) is 0 Å². The van der Waals surface area contributed by atoms with Gasteiger partial charge in [0.25, 0.3) is 5.95 Å². The van der Waals surface area contributed by atoms with Gasteiger partial charge in [0.2, 0.25) is 5.11 Å². The van der Waals surface area contributed by atoms with Crippen LogP contribution in [0.1, 0.15) is 0 Å². The second kappa shape index (κ2) is 2.56. The van der Waals surface area contributed by atoms with Crippen LogP contribution < -0.4 is 11.1 Å². The van der Waals surface area contributed by atoms with E-state index in [1.54, 1.807) is 7.05 Å². The predicted octanol–water partition coefficient (Wildman–Crippen LogP) is -1.39.